The van der Waals surface area contributed by atoms with Gasteiger partial charge in [-0.1, -0.05) is 23.7 Å². The molecule has 108 valence electrons. The van der Waals surface area contributed by atoms with Gasteiger partial charge in [-0.05, 0) is 59.1 Å². The van der Waals surface area contributed by atoms with E-state index in [0.717, 1.165) is 44.1 Å². The molecule has 0 radical (unpaired) electrons. The highest BCUT2D eigenvalue weighted by molar-refractivity contribution is 9.10. The number of hydrogen-bond acceptors (Lipinski definition) is 2. The zero-order chi connectivity index (χ0) is 15.1. The number of nitrogen functional groups attached to an aromatic ring is 1. The molecule has 0 saturated heterocycles. The van der Waals surface area contributed by atoms with E-state index in [9.17, 15) is 0 Å². The summed E-state index contributed by atoms with van der Waals surface area (Å²) in [6, 6.07) is 9.81. The lowest BCUT2D eigenvalue weighted by molar-refractivity contribution is 0.781. The van der Waals surface area contributed by atoms with Gasteiger partial charge in [0.15, 0.2) is 0 Å². The highest BCUT2D eigenvalue weighted by Gasteiger charge is 2.12. The maximum Gasteiger partial charge on any atom is 0.107 e. The molecular formula is C16H15BrClN3. The highest BCUT2D eigenvalue weighted by Crippen LogP contribution is 2.29. The van der Waals surface area contributed by atoms with Crippen LogP contribution in [-0.4, -0.2) is 9.55 Å². The van der Waals surface area contributed by atoms with Gasteiger partial charge in [0, 0.05) is 21.7 Å². The molecule has 0 atom stereocenters. The van der Waals surface area contributed by atoms with Gasteiger partial charge in [-0.3, -0.25) is 0 Å². The average molecular weight is 365 g/mol. The number of benzene rings is 2. The third-order valence-corrected chi connectivity index (χ3v) is 4.74. The monoisotopic (exact) mass is 363 g/mol. The van der Waals surface area contributed by atoms with Gasteiger partial charge in [0.05, 0.1) is 5.52 Å². The quantitative estimate of drug-likeness (QED) is 0.670. The van der Waals surface area contributed by atoms with Gasteiger partial charge in [0.25, 0.3) is 0 Å². The second kappa shape index (κ2) is 5.35. The van der Waals surface area contributed by atoms with Crippen LogP contribution < -0.4 is 5.73 Å². The molecule has 2 N–H and O–H groups in total. The van der Waals surface area contributed by atoms with E-state index < -0.39 is 0 Å². The van der Waals surface area contributed by atoms with Crippen LogP contribution in [0, 0.1) is 13.8 Å². The van der Waals surface area contributed by atoms with Crippen LogP contribution in [0.4, 0.5) is 5.69 Å². The fourth-order valence-corrected chi connectivity index (χ4v) is 3.26. The Morgan fingerprint density at radius 1 is 1.29 bits per heavy atom. The second-order valence-electron chi connectivity index (χ2n) is 5.14. The number of imidazole rings is 1. The molecule has 1 heterocycles. The number of nitrogens with two attached hydrogens (primary N) is 1. The van der Waals surface area contributed by atoms with Gasteiger partial charge in [-0.25, -0.2) is 4.98 Å². The third-order valence-electron chi connectivity index (χ3n) is 3.73. The molecule has 0 amide bonds. The van der Waals surface area contributed by atoms with Crippen LogP contribution in [-0.2, 0) is 6.54 Å². The summed E-state index contributed by atoms with van der Waals surface area (Å²) >= 11 is 9.74. The maximum absolute atomic E-state index is 6.21. The van der Waals surface area contributed by atoms with Crippen molar-refractivity contribution in [2.45, 2.75) is 20.4 Å². The van der Waals surface area contributed by atoms with Gasteiger partial charge in [0.1, 0.15) is 11.3 Å². The fraction of sp³-hybridized carbons (Fsp3) is 0.188. The second-order valence-corrected chi connectivity index (χ2v) is 6.40. The first-order valence-electron chi connectivity index (χ1n) is 6.63. The fourth-order valence-electron chi connectivity index (χ4n) is 2.51. The Morgan fingerprint density at radius 2 is 2.05 bits per heavy atom. The van der Waals surface area contributed by atoms with Crippen LogP contribution >= 0.6 is 27.5 Å². The van der Waals surface area contributed by atoms with Crippen LogP contribution in [0.25, 0.3) is 11.0 Å². The summed E-state index contributed by atoms with van der Waals surface area (Å²) in [5, 5.41) is 0.787. The number of aromatic nitrogens is 2. The van der Waals surface area contributed by atoms with Crippen LogP contribution in [0.15, 0.2) is 34.8 Å². The van der Waals surface area contributed by atoms with E-state index in [2.05, 4.69) is 31.5 Å². The zero-order valence-electron chi connectivity index (χ0n) is 11.8. The number of halogens is 2. The smallest absolute Gasteiger partial charge is 0.107 e. The van der Waals surface area contributed by atoms with Gasteiger partial charge in [-0.2, -0.15) is 0 Å². The molecule has 0 saturated carbocycles. The van der Waals surface area contributed by atoms with Crippen LogP contribution in [0.2, 0.25) is 5.02 Å². The molecule has 0 aliphatic carbocycles. The Balaban J connectivity index is 2.17. The number of hydrogen-bond donors (Lipinski definition) is 1. The summed E-state index contributed by atoms with van der Waals surface area (Å²) < 4.78 is 3.08. The molecule has 0 bridgehead atoms. The molecule has 3 nitrogen and oxygen atoms in total. The lowest BCUT2D eigenvalue weighted by atomic mass is 10.1. The van der Waals surface area contributed by atoms with E-state index in [1.807, 2.05) is 38.1 Å². The highest BCUT2D eigenvalue weighted by atomic mass is 79.9. The van der Waals surface area contributed by atoms with Crippen molar-refractivity contribution in [3.63, 3.8) is 0 Å². The first-order chi connectivity index (χ1) is 9.97. The molecule has 0 spiro atoms. The standard InChI is InChI=1S/C16H15BrClN3/c1-9-11(4-3-5-14(9)18)8-21-10(2)20-16-13(17)6-12(19)7-15(16)21/h3-7H,8,19H2,1-2H3. The predicted octanol–water partition coefficient (Wildman–Crippen LogP) is 4.70. The number of nitrogens with zero attached hydrogens (tertiary/aromatic N) is 2. The molecule has 2 aromatic carbocycles. The van der Waals surface area contributed by atoms with E-state index in [1.165, 1.54) is 5.56 Å². The first kappa shape index (κ1) is 14.4. The Kier molecular flexibility index (Phi) is 3.68. The average Bonchev–Trinajstić information content (AvgIpc) is 2.73. The van der Waals surface area contributed by atoms with Gasteiger partial charge in [0.2, 0.25) is 0 Å². The number of rotatable bonds is 2. The minimum atomic E-state index is 0.721. The summed E-state index contributed by atoms with van der Waals surface area (Å²) in [6.07, 6.45) is 0. The van der Waals surface area contributed by atoms with E-state index >= 15 is 0 Å². The lowest BCUT2D eigenvalue weighted by Crippen LogP contribution is -2.04. The van der Waals surface area contributed by atoms with Crippen molar-refractivity contribution < 1.29 is 0 Å². The van der Waals surface area contributed by atoms with E-state index in [-0.39, 0.29) is 0 Å². The molecular weight excluding hydrogens is 350 g/mol. The summed E-state index contributed by atoms with van der Waals surface area (Å²) in [5.41, 5.74) is 10.9. The maximum atomic E-state index is 6.21. The first-order valence-corrected chi connectivity index (χ1v) is 7.80. The molecule has 21 heavy (non-hydrogen) atoms. The Labute approximate surface area is 136 Å². The number of anilines is 1. The van der Waals surface area contributed by atoms with Crippen molar-refractivity contribution in [3.8, 4) is 0 Å². The lowest BCUT2D eigenvalue weighted by Gasteiger charge is -2.11. The summed E-state index contributed by atoms with van der Waals surface area (Å²) in [6.45, 7) is 4.77. The van der Waals surface area contributed by atoms with Crippen molar-refractivity contribution in [2.24, 2.45) is 0 Å². The van der Waals surface area contributed by atoms with Crippen LogP contribution in [0.3, 0.4) is 0 Å². The van der Waals surface area contributed by atoms with E-state index in [0.29, 0.717) is 0 Å². The Morgan fingerprint density at radius 3 is 2.81 bits per heavy atom. The normalized spacial score (nSPS) is 11.2. The van der Waals surface area contributed by atoms with Crippen molar-refractivity contribution >= 4 is 44.3 Å². The van der Waals surface area contributed by atoms with Crippen molar-refractivity contribution in [1.29, 1.82) is 0 Å². The topological polar surface area (TPSA) is 43.8 Å². The molecule has 0 aliphatic heterocycles. The van der Waals surface area contributed by atoms with Gasteiger partial charge in [-0.15, -0.1) is 0 Å². The summed E-state index contributed by atoms with van der Waals surface area (Å²) in [5.74, 6) is 0.954. The van der Waals surface area contributed by atoms with Crippen molar-refractivity contribution in [2.75, 3.05) is 5.73 Å². The molecule has 0 fully saturated rings. The summed E-state index contributed by atoms with van der Waals surface area (Å²) in [7, 11) is 0. The van der Waals surface area contributed by atoms with Crippen LogP contribution in [0.5, 0.6) is 0 Å². The zero-order valence-corrected chi connectivity index (χ0v) is 14.2. The van der Waals surface area contributed by atoms with Crippen molar-refractivity contribution in [3.05, 3.63) is 56.8 Å². The third kappa shape index (κ3) is 2.54. The number of aryl methyl sites for hydroxylation is 1. The van der Waals surface area contributed by atoms with E-state index in [1.54, 1.807) is 0 Å². The molecule has 1 aromatic heterocycles. The molecule has 0 aliphatic rings. The largest absolute Gasteiger partial charge is 0.399 e. The van der Waals surface area contributed by atoms with Gasteiger partial charge >= 0.3 is 0 Å². The van der Waals surface area contributed by atoms with Crippen molar-refractivity contribution in [1.82, 2.24) is 9.55 Å². The SMILES string of the molecule is Cc1c(Cl)cccc1Cn1c(C)nc2c(Br)cc(N)cc21. The van der Waals surface area contributed by atoms with Gasteiger partial charge < -0.3 is 10.3 Å². The van der Waals surface area contributed by atoms with E-state index in [4.69, 9.17) is 17.3 Å². The molecule has 3 aromatic rings. The molecule has 5 heteroatoms. The predicted molar refractivity (Wildman–Crippen MR) is 91.9 cm³/mol. The molecule has 3 rings (SSSR count). The Bertz CT molecular complexity index is 839. The summed E-state index contributed by atoms with van der Waals surface area (Å²) in [4.78, 5) is 4.63. The minimum absolute atomic E-state index is 0.721. The Hall–Kier alpha value is -1.52. The molecule has 0 unspecified atom stereocenters. The number of fused-ring (bicyclic) bond motifs is 1. The van der Waals surface area contributed by atoms with Crippen LogP contribution in [0.1, 0.15) is 17.0 Å². The minimum Gasteiger partial charge on any atom is -0.399 e.